The summed E-state index contributed by atoms with van der Waals surface area (Å²) in [5.41, 5.74) is 1.58. The zero-order valence-corrected chi connectivity index (χ0v) is 20.0. The van der Waals surface area contributed by atoms with E-state index < -0.39 is 23.5 Å². The first kappa shape index (κ1) is 23.6. The second-order valence-corrected chi connectivity index (χ2v) is 8.36. The Labute approximate surface area is 206 Å². The molecular formula is C25H20Cl2N2O5. The number of aliphatic hydroxyl groups excluding tert-OH is 1. The molecule has 0 bridgehead atoms. The molecule has 1 fully saturated rings. The van der Waals surface area contributed by atoms with Crippen molar-refractivity contribution in [3.05, 3.63) is 87.2 Å². The van der Waals surface area contributed by atoms with Gasteiger partial charge >= 0.3 is 0 Å². The maximum atomic E-state index is 13.3. The average Bonchev–Trinajstić information content (AvgIpc) is 3.11. The molecule has 0 radical (unpaired) electrons. The number of nitrogens with zero attached hydrogens (tertiary/aromatic N) is 2. The summed E-state index contributed by atoms with van der Waals surface area (Å²) in [4.78, 5) is 32.1. The van der Waals surface area contributed by atoms with Crippen LogP contribution in [0.3, 0.4) is 0 Å². The van der Waals surface area contributed by atoms with Gasteiger partial charge in [0.25, 0.3) is 11.7 Å². The van der Waals surface area contributed by atoms with Crippen LogP contribution in [0.5, 0.6) is 11.5 Å². The highest BCUT2D eigenvalue weighted by atomic mass is 35.5. The van der Waals surface area contributed by atoms with Crippen molar-refractivity contribution in [3.8, 4) is 11.5 Å². The van der Waals surface area contributed by atoms with Crippen LogP contribution in [0.25, 0.3) is 5.76 Å². The quantitative estimate of drug-likeness (QED) is 0.290. The number of amides is 1. The lowest BCUT2D eigenvalue weighted by atomic mass is 9.97. The molecule has 1 saturated heterocycles. The molecule has 1 amide bonds. The third-order valence-electron chi connectivity index (χ3n) is 5.57. The predicted molar refractivity (Wildman–Crippen MR) is 130 cm³/mol. The van der Waals surface area contributed by atoms with Gasteiger partial charge < -0.3 is 14.6 Å². The number of carbonyl (C=O) groups is 2. The van der Waals surface area contributed by atoms with Crippen molar-refractivity contribution in [2.45, 2.75) is 13.0 Å². The number of Topliss-reactive ketones (excluding diaryl/α,β-unsaturated/α-hetero) is 1. The molecule has 9 heteroatoms. The molecule has 3 aromatic rings. The zero-order chi connectivity index (χ0) is 24.6. The first-order valence-corrected chi connectivity index (χ1v) is 10.9. The Bertz CT molecular complexity index is 1320. The van der Waals surface area contributed by atoms with Crippen LogP contribution in [0.2, 0.25) is 10.0 Å². The standard InChI is InChI=1S/C25H20Cl2N2O5/c1-13-7-8-14(10-16(13)26)29-22(18-6-4-5-9-28-18)21(24(31)25(29)32)23(30)15-11-17(27)20(34-3)12-19(15)33-2/h4-12,22,30H,1-3H3/b23-21+. The van der Waals surface area contributed by atoms with Gasteiger partial charge in [0, 0.05) is 23.0 Å². The second kappa shape index (κ2) is 9.37. The van der Waals surface area contributed by atoms with E-state index >= 15 is 0 Å². The number of hydrogen-bond acceptors (Lipinski definition) is 6. The molecule has 0 spiro atoms. The number of benzene rings is 2. The summed E-state index contributed by atoms with van der Waals surface area (Å²) in [5, 5.41) is 12.0. The van der Waals surface area contributed by atoms with Crippen molar-refractivity contribution in [1.82, 2.24) is 4.98 Å². The number of aliphatic hydroxyl groups is 1. The fourth-order valence-corrected chi connectivity index (χ4v) is 4.25. The van der Waals surface area contributed by atoms with Gasteiger partial charge in [-0.15, -0.1) is 0 Å². The summed E-state index contributed by atoms with van der Waals surface area (Å²) >= 11 is 12.6. The van der Waals surface area contributed by atoms with Gasteiger partial charge in [-0.2, -0.15) is 0 Å². The monoisotopic (exact) mass is 498 g/mol. The summed E-state index contributed by atoms with van der Waals surface area (Å²) in [6.07, 6.45) is 1.54. The van der Waals surface area contributed by atoms with Gasteiger partial charge in [0.15, 0.2) is 0 Å². The fraction of sp³-hybridized carbons (Fsp3) is 0.160. The largest absolute Gasteiger partial charge is 0.507 e. The minimum absolute atomic E-state index is 0.133. The molecule has 0 saturated carbocycles. The van der Waals surface area contributed by atoms with E-state index in [4.69, 9.17) is 32.7 Å². The smallest absolute Gasteiger partial charge is 0.300 e. The molecular weight excluding hydrogens is 479 g/mol. The first-order valence-electron chi connectivity index (χ1n) is 10.2. The van der Waals surface area contributed by atoms with Crippen LogP contribution in [0.4, 0.5) is 5.69 Å². The lowest BCUT2D eigenvalue weighted by Gasteiger charge is -2.25. The number of halogens is 2. The van der Waals surface area contributed by atoms with Crippen molar-refractivity contribution < 1.29 is 24.2 Å². The number of methoxy groups -OCH3 is 2. The Morgan fingerprint density at radius 1 is 1.00 bits per heavy atom. The molecule has 1 aliphatic rings. The molecule has 4 rings (SSSR count). The van der Waals surface area contributed by atoms with Gasteiger partial charge in [-0.1, -0.05) is 35.3 Å². The number of pyridine rings is 1. The Balaban J connectivity index is 1.98. The third kappa shape index (κ3) is 3.97. The van der Waals surface area contributed by atoms with E-state index in [9.17, 15) is 14.7 Å². The molecule has 1 aromatic heterocycles. The van der Waals surface area contributed by atoms with E-state index in [1.165, 1.54) is 31.3 Å². The highest BCUT2D eigenvalue weighted by Crippen LogP contribution is 2.44. The van der Waals surface area contributed by atoms with E-state index in [1.54, 1.807) is 42.6 Å². The maximum Gasteiger partial charge on any atom is 0.300 e. The van der Waals surface area contributed by atoms with E-state index in [1.807, 2.05) is 6.92 Å². The van der Waals surface area contributed by atoms with Gasteiger partial charge in [-0.3, -0.25) is 19.5 Å². The molecule has 34 heavy (non-hydrogen) atoms. The molecule has 1 N–H and O–H groups in total. The molecule has 7 nitrogen and oxygen atoms in total. The summed E-state index contributed by atoms with van der Waals surface area (Å²) in [6, 6.07) is 12.0. The van der Waals surface area contributed by atoms with Crippen LogP contribution in [-0.4, -0.2) is 36.0 Å². The van der Waals surface area contributed by atoms with Crippen LogP contribution in [-0.2, 0) is 9.59 Å². The fourth-order valence-electron chi connectivity index (χ4n) is 3.84. The van der Waals surface area contributed by atoms with Crippen molar-refractivity contribution in [1.29, 1.82) is 0 Å². The van der Waals surface area contributed by atoms with Crippen molar-refractivity contribution >= 4 is 46.3 Å². The Kier molecular flexibility index (Phi) is 6.50. The Hall–Kier alpha value is -3.55. The predicted octanol–water partition coefficient (Wildman–Crippen LogP) is 5.34. The molecule has 1 aliphatic heterocycles. The number of hydrogen-bond donors (Lipinski definition) is 1. The minimum atomic E-state index is -1.01. The Morgan fingerprint density at radius 2 is 1.74 bits per heavy atom. The maximum absolute atomic E-state index is 13.3. The van der Waals surface area contributed by atoms with Crippen LogP contribution in [0.1, 0.15) is 22.9 Å². The number of aromatic nitrogens is 1. The van der Waals surface area contributed by atoms with Gasteiger partial charge in [0.05, 0.1) is 36.1 Å². The van der Waals surface area contributed by atoms with Gasteiger partial charge in [-0.05, 0) is 42.8 Å². The molecule has 0 aliphatic carbocycles. The first-order chi connectivity index (χ1) is 16.3. The van der Waals surface area contributed by atoms with Crippen molar-refractivity contribution in [2.24, 2.45) is 0 Å². The SMILES string of the molecule is COc1cc(OC)c(/C(O)=C2\C(=O)C(=O)N(c3ccc(C)c(Cl)c3)C2c2ccccn2)cc1Cl. The summed E-state index contributed by atoms with van der Waals surface area (Å²) in [7, 11) is 2.85. The van der Waals surface area contributed by atoms with E-state index in [2.05, 4.69) is 4.98 Å². The highest BCUT2D eigenvalue weighted by molar-refractivity contribution is 6.52. The summed E-state index contributed by atoms with van der Waals surface area (Å²) < 4.78 is 10.6. The Morgan fingerprint density at radius 3 is 2.35 bits per heavy atom. The number of aryl methyl sites for hydroxylation is 1. The van der Waals surface area contributed by atoms with Crippen LogP contribution < -0.4 is 14.4 Å². The normalized spacial score (nSPS) is 17.2. The highest BCUT2D eigenvalue weighted by Gasteiger charge is 2.48. The molecule has 1 atom stereocenters. The van der Waals surface area contributed by atoms with Gasteiger partial charge in [0.2, 0.25) is 0 Å². The molecule has 1 unspecified atom stereocenters. The topological polar surface area (TPSA) is 89.0 Å². The lowest BCUT2D eigenvalue weighted by molar-refractivity contribution is -0.132. The summed E-state index contributed by atoms with van der Waals surface area (Å²) in [6.45, 7) is 1.83. The van der Waals surface area contributed by atoms with E-state index in [0.29, 0.717) is 22.2 Å². The number of ketones is 1. The zero-order valence-electron chi connectivity index (χ0n) is 18.5. The van der Waals surface area contributed by atoms with Crippen LogP contribution in [0, 0.1) is 6.92 Å². The van der Waals surface area contributed by atoms with Gasteiger partial charge in [-0.25, -0.2) is 0 Å². The van der Waals surface area contributed by atoms with Gasteiger partial charge in [0.1, 0.15) is 23.3 Å². The van der Waals surface area contributed by atoms with Crippen LogP contribution >= 0.6 is 23.2 Å². The number of rotatable bonds is 5. The van der Waals surface area contributed by atoms with E-state index in [-0.39, 0.29) is 21.9 Å². The molecule has 174 valence electrons. The second-order valence-electron chi connectivity index (χ2n) is 7.54. The number of carbonyl (C=O) groups excluding carboxylic acids is 2. The minimum Gasteiger partial charge on any atom is -0.507 e. The van der Waals surface area contributed by atoms with Crippen molar-refractivity contribution in [3.63, 3.8) is 0 Å². The van der Waals surface area contributed by atoms with E-state index in [0.717, 1.165) is 5.56 Å². The van der Waals surface area contributed by atoms with Crippen LogP contribution in [0.15, 0.2) is 60.3 Å². The van der Waals surface area contributed by atoms with Crippen molar-refractivity contribution in [2.75, 3.05) is 19.1 Å². The number of anilines is 1. The summed E-state index contributed by atoms with van der Waals surface area (Å²) in [5.74, 6) is -1.61. The average molecular weight is 499 g/mol. The third-order valence-corrected chi connectivity index (χ3v) is 6.28. The number of ether oxygens (including phenoxy) is 2. The molecule has 2 heterocycles. The lowest BCUT2D eigenvalue weighted by Crippen LogP contribution is -2.29. The molecule has 2 aromatic carbocycles.